The van der Waals surface area contributed by atoms with Gasteiger partial charge in [-0.3, -0.25) is 56.9 Å². The fraction of sp³-hybridized carbons (Fsp3) is 0.595. The first kappa shape index (κ1) is 56.5. The smallest absolute Gasteiger partial charge is 0.303 e. The number of carbonyl (C=O) groups excluding carboxylic acids is 9. The molecule has 14 N–H and O–H groups in total. The number of rotatable bonds is 15. The van der Waals surface area contributed by atoms with Crippen LogP contribution in [-0.2, 0) is 70.0 Å². The molecule has 0 spiro atoms. The number of phenols is 1. The SMILES string of the molecule is CC(C)C[C@@H]1NC(=O)[C@H](CCCC(=O)O)NC(=O)C[S@@](=O)C[C@@H](C(N)=O)NC(=O)CCCCNC(=O)[C@H](CC(N)=O)NC(=O)[C@](C)(CCCC(=O)O)NC(=O)[C@H](Cc2ccc(O)cc2)NC1=O. The molecule has 1 fully saturated rings. The van der Waals surface area contributed by atoms with E-state index >= 15 is 0 Å². The highest BCUT2D eigenvalue weighted by atomic mass is 32.2. The first-order valence-corrected chi connectivity index (χ1v) is 23.1. The fourth-order valence-corrected chi connectivity index (χ4v) is 7.91. The summed E-state index contributed by atoms with van der Waals surface area (Å²) in [4.78, 5) is 143. The van der Waals surface area contributed by atoms with Crippen molar-refractivity contribution < 1.29 is 72.3 Å². The van der Waals surface area contributed by atoms with Gasteiger partial charge in [0.1, 0.15) is 47.3 Å². The van der Waals surface area contributed by atoms with Gasteiger partial charge in [-0.2, -0.15) is 0 Å². The van der Waals surface area contributed by atoms with Crippen LogP contribution in [0.3, 0.4) is 0 Å². The average Bonchev–Trinajstić information content (AvgIpc) is 3.21. The van der Waals surface area contributed by atoms with Crippen LogP contribution in [0.2, 0.25) is 0 Å². The number of nitrogens with one attached hydrogen (secondary N) is 7. The summed E-state index contributed by atoms with van der Waals surface area (Å²) in [6.07, 6.45) is -2.76. The van der Waals surface area contributed by atoms with Crippen LogP contribution in [0.15, 0.2) is 24.3 Å². The van der Waals surface area contributed by atoms with Crippen molar-refractivity contribution in [2.24, 2.45) is 17.4 Å². The van der Waals surface area contributed by atoms with Crippen molar-refractivity contribution in [1.82, 2.24) is 37.2 Å². The van der Waals surface area contributed by atoms with E-state index in [2.05, 4.69) is 37.2 Å². The molecular weight excluding hydrogens is 903 g/mol. The van der Waals surface area contributed by atoms with Crippen LogP contribution >= 0.6 is 0 Å². The van der Waals surface area contributed by atoms with Gasteiger partial charge in [0.15, 0.2) is 0 Å². The van der Waals surface area contributed by atoms with Crippen LogP contribution in [0.5, 0.6) is 5.75 Å². The minimum absolute atomic E-state index is 0.0518. The summed E-state index contributed by atoms with van der Waals surface area (Å²) >= 11 is 0. The second-order valence-electron chi connectivity index (χ2n) is 16.8. The highest BCUT2D eigenvalue weighted by Crippen LogP contribution is 2.18. The maximum atomic E-state index is 14.4. The van der Waals surface area contributed by atoms with Crippen LogP contribution in [0, 0.1) is 5.92 Å². The molecule has 1 aliphatic rings. The van der Waals surface area contributed by atoms with E-state index in [1.807, 2.05) is 0 Å². The summed E-state index contributed by atoms with van der Waals surface area (Å²) in [7, 11) is -2.15. The van der Waals surface area contributed by atoms with E-state index in [0.29, 0.717) is 5.56 Å². The van der Waals surface area contributed by atoms with Crippen molar-refractivity contribution in [1.29, 1.82) is 0 Å². The standard InChI is InChI=1S/C42H63N9O15S/c1-23(2)18-27-39(63)49-28(19-24-12-14-25(52)15-13-24)40(64)51-42(3,16-7-11-35(58)59)41(65)50-29(20-31(43)53)37(61)45-17-5-4-9-32(54)47-30(36(44)60)21-67(66)22-33(55)46-26(38(62)48-27)8-6-10-34(56)57/h12-15,23,26-30,52H,4-11,16-22H2,1-3H3,(H2,43,53)(H2,44,60)(H,45,61)(H,46,55)(H,47,54)(H,48,62)(H,49,63)(H,50,65)(H,51,64)(H,56,57)(H,58,59)/t26-,27-,28-,29-,30-,42-,67-/m0/s1. The first-order valence-electron chi connectivity index (χ1n) is 21.6. The lowest BCUT2D eigenvalue weighted by atomic mass is 9.91. The van der Waals surface area contributed by atoms with Crippen LogP contribution in [0.1, 0.15) is 97.0 Å². The number of carboxylic acid groups (broad SMARTS) is 2. The molecule has 1 aliphatic heterocycles. The van der Waals surface area contributed by atoms with E-state index in [4.69, 9.17) is 11.5 Å². The maximum Gasteiger partial charge on any atom is 0.303 e. The third-order valence-corrected chi connectivity index (χ3v) is 11.6. The van der Waals surface area contributed by atoms with Gasteiger partial charge in [0.25, 0.3) is 0 Å². The number of carboxylic acids is 2. The van der Waals surface area contributed by atoms with Gasteiger partial charge in [0, 0.05) is 43.0 Å². The Labute approximate surface area is 389 Å². The quantitative estimate of drug-likeness (QED) is 0.0845. The molecule has 67 heavy (non-hydrogen) atoms. The zero-order valence-electron chi connectivity index (χ0n) is 37.7. The van der Waals surface area contributed by atoms with Crippen molar-refractivity contribution >= 4 is 75.9 Å². The Balaban J connectivity index is 2.70. The number of aliphatic carboxylic acids is 2. The zero-order chi connectivity index (χ0) is 50.4. The van der Waals surface area contributed by atoms with E-state index in [1.54, 1.807) is 13.8 Å². The van der Waals surface area contributed by atoms with Gasteiger partial charge < -0.3 is 64.0 Å². The van der Waals surface area contributed by atoms with Gasteiger partial charge in [-0.15, -0.1) is 0 Å². The minimum Gasteiger partial charge on any atom is -0.508 e. The van der Waals surface area contributed by atoms with Crippen LogP contribution in [-0.4, -0.2) is 138 Å². The Hall–Kier alpha value is -6.66. The van der Waals surface area contributed by atoms with Crippen LogP contribution in [0.25, 0.3) is 0 Å². The van der Waals surface area contributed by atoms with Crippen molar-refractivity contribution in [3.05, 3.63) is 29.8 Å². The highest BCUT2D eigenvalue weighted by Gasteiger charge is 2.40. The predicted molar refractivity (Wildman–Crippen MR) is 238 cm³/mol. The van der Waals surface area contributed by atoms with Gasteiger partial charge in [-0.05, 0) is 75.5 Å². The predicted octanol–water partition coefficient (Wildman–Crippen LogP) is -2.80. The lowest BCUT2D eigenvalue weighted by Gasteiger charge is -2.33. The third-order valence-electron chi connectivity index (χ3n) is 10.3. The molecule has 1 aromatic carbocycles. The van der Waals surface area contributed by atoms with Crippen molar-refractivity contribution in [2.75, 3.05) is 18.1 Å². The molecule has 0 saturated carbocycles. The van der Waals surface area contributed by atoms with E-state index in [-0.39, 0.29) is 76.0 Å². The molecule has 1 heterocycles. The maximum absolute atomic E-state index is 14.4. The normalized spacial score (nSPS) is 24.9. The molecule has 9 amide bonds. The molecule has 372 valence electrons. The largest absolute Gasteiger partial charge is 0.508 e. The van der Waals surface area contributed by atoms with Gasteiger partial charge in [-0.1, -0.05) is 26.0 Å². The zero-order valence-corrected chi connectivity index (χ0v) is 38.5. The fourth-order valence-electron chi connectivity index (χ4n) is 6.80. The van der Waals surface area contributed by atoms with E-state index < -0.39 is 142 Å². The Morgan fingerprint density at radius 2 is 1.37 bits per heavy atom. The van der Waals surface area contributed by atoms with Gasteiger partial charge >= 0.3 is 11.9 Å². The number of amides is 9. The number of primary amides is 2. The lowest BCUT2D eigenvalue weighted by Crippen LogP contribution is -2.64. The molecule has 0 aromatic heterocycles. The molecule has 1 aromatic rings. The second kappa shape index (κ2) is 27.7. The molecule has 24 nitrogen and oxygen atoms in total. The third kappa shape index (κ3) is 21.5. The van der Waals surface area contributed by atoms with Crippen molar-refractivity contribution in [2.45, 2.75) is 134 Å². The number of nitrogens with two attached hydrogens (primary N) is 2. The Morgan fingerprint density at radius 3 is 1.97 bits per heavy atom. The summed E-state index contributed by atoms with van der Waals surface area (Å²) < 4.78 is 13.1. The lowest BCUT2D eigenvalue weighted by molar-refractivity contribution is -0.139. The topological polar surface area (TPSA) is 402 Å². The summed E-state index contributed by atoms with van der Waals surface area (Å²) in [5, 5.41) is 45.9. The summed E-state index contributed by atoms with van der Waals surface area (Å²) in [5.74, 6) is -12.8. The number of phenolic OH excluding ortho intramolecular Hbond substituents is 1. The molecule has 0 aliphatic carbocycles. The molecule has 0 unspecified atom stereocenters. The second-order valence-corrected chi connectivity index (χ2v) is 18.3. The summed E-state index contributed by atoms with van der Waals surface area (Å²) in [6, 6.07) is -2.01. The number of carbonyl (C=O) groups is 11. The van der Waals surface area contributed by atoms with E-state index in [9.17, 15) is 72.3 Å². The Bertz CT molecular complexity index is 2000. The van der Waals surface area contributed by atoms with Crippen molar-refractivity contribution in [3.8, 4) is 5.75 Å². The Morgan fingerprint density at radius 1 is 0.761 bits per heavy atom. The molecular formula is C42H63N9O15S. The summed E-state index contributed by atoms with van der Waals surface area (Å²) in [5.41, 5.74) is 9.22. The molecule has 7 atom stereocenters. The van der Waals surface area contributed by atoms with E-state index in [1.165, 1.54) is 31.2 Å². The number of aromatic hydroxyl groups is 1. The molecule has 25 heteroatoms. The molecule has 0 bridgehead atoms. The number of hydrogen-bond donors (Lipinski definition) is 12. The van der Waals surface area contributed by atoms with Gasteiger partial charge in [-0.25, -0.2) is 0 Å². The minimum atomic E-state index is -2.15. The van der Waals surface area contributed by atoms with Crippen LogP contribution in [0.4, 0.5) is 0 Å². The Kier molecular flexibility index (Phi) is 23.4. The molecule has 0 radical (unpaired) electrons. The number of benzene rings is 1. The van der Waals surface area contributed by atoms with Gasteiger partial charge in [0.05, 0.1) is 12.2 Å². The molecule has 1 saturated heterocycles. The van der Waals surface area contributed by atoms with Crippen molar-refractivity contribution in [3.63, 3.8) is 0 Å². The summed E-state index contributed by atoms with van der Waals surface area (Å²) in [6.45, 7) is 4.58. The highest BCUT2D eigenvalue weighted by molar-refractivity contribution is 7.85. The van der Waals surface area contributed by atoms with Crippen LogP contribution < -0.4 is 48.7 Å². The van der Waals surface area contributed by atoms with Gasteiger partial charge in [0.2, 0.25) is 53.2 Å². The average molecular weight is 966 g/mol. The monoisotopic (exact) mass is 965 g/mol. The first-order chi connectivity index (χ1) is 31.4. The van der Waals surface area contributed by atoms with E-state index in [0.717, 1.165) is 0 Å². The number of hydrogen-bond acceptors (Lipinski definition) is 13. The molecule has 2 rings (SSSR count).